The minimum atomic E-state index is 0.00924. The van der Waals surface area contributed by atoms with E-state index in [0.29, 0.717) is 0 Å². The fraction of sp³-hybridized carbons (Fsp3) is 0.194. The van der Waals surface area contributed by atoms with Crippen molar-refractivity contribution in [2.45, 2.75) is 24.4 Å². The highest BCUT2D eigenvalue weighted by Gasteiger charge is 2.38. The fourth-order valence-electron chi connectivity index (χ4n) is 7.03. The molecule has 3 aromatic carbocycles. The van der Waals surface area contributed by atoms with Crippen molar-refractivity contribution in [3.8, 4) is 0 Å². The molecular formula is C31H26N6. The van der Waals surface area contributed by atoms with E-state index in [-0.39, 0.29) is 24.4 Å². The molecule has 4 unspecified atom stereocenters. The number of imidazole rings is 1. The van der Waals surface area contributed by atoms with E-state index in [0.717, 1.165) is 13.3 Å². The van der Waals surface area contributed by atoms with Crippen LogP contribution in [0.5, 0.6) is 0 Å². The standard InChI is InChI=1S/C31H26N6/c1-4-22-16-23(5-1)29-25-7-3-9-27(18-25)31-35-13-10-32(19-35)28(22)24-6-2-8-26(17-24)30(34-12-11-33(29)20-34)36-14-15-37(31)21-36/h1-18,28-31H,19,21H2. The van der Waals surface area contributed by atoms with Crippen LogP contribution in [0.2, 0.25) is 0 Å². The van der Waals surface area contributed by atoms with Crippen LogP contribution in [0.4, 0.5) is 0 Å². The molecule has 10 rings (SSSR count). The summed E-state index contributed by atoms with van der Waals surface area (Å²) >= 11 is 0. The summed E-state index contributed by atoms with van der Waals surface area (Å²) in [5.74, 6) is 0. The molecular weight excluding hydrogens is 456 g/mol. The van der Waals surface area contributed by atoms with Gasteiger partial charge in [-0.25, -0.2) is 0 Å². The maximum atomic E-state index is 3.75. The van der Waals surface area contributed by atoms with Crippen LogP contribution in [0.3, 0.4) is 0 Å². The lowest BCUT2D eigenvalue weighted by molar-refractivity contribution is -0.708. The summed E-state index contributed by atoms with van der Waals surface area (Å²) in [6.07, 6.45) is 17.3. The van der Waals surface area contributed by atoms with Crippen LogP contribution in [0.25, 0.3) is 0 Å². The van der Waals surface area contributed by atoms with Gasteiger partial charge in [0.05, 0.1) is 19.4 Å². The van der Waals surface area contributed by atoms with Gasteiger partial charge in [0, 0.05) is 30.4 Å². The van der Waals surface area contributed by atoms with Gasteiger partial charge >= 0.3 is 0 Å². The molecule has 180 valence electrons. The van der Waals surface area contributed by atoms with Gasteiger partial charge in [-0.05, 0) is 58.4 Å². The second kappa shape index (κ2) is 7.07. The summed E-state index contributed by atoms with van der Waals surface area (Å²) in [5.41, 5.74) is 7.77. The highest BCUT2D eigenvalue weighted by molar-refractivity contribution is 5.42. The Morgan fingerprint density at radius 3 is 1.84 bits per heavy atom. The number of benzene rings is 3. The Hall–Kier alpha value is -4.45. The van der Waals surface area contributed by atoms with E-state index in [9.17, 15) is 0 Å². The number of hydrogen-bond acceptors (Lipinski definition) is 4. The summed E-state index contributed by atoms with van der Waals surface area (Å²) in [6, 6.07) is 27.7. The van der Waals surface area contributed by atoms with E-state index in [1.54, 1.807) is 0 Å². The molecule has 6 heteroatoms. The van der Waals surface area contributed by atoms with E-state index in [1.807, 2.05) is 0 Å². The Balaban J connectivity index is 1.45. The van der Waals surface area contributed by atoms with Crippen molar-refractivity contribution < 1.29 is 4.57 Å². The smallest absolute Gasteiger partial charge is 0.206 e. The highest BCUT2D eigenvalue weighted by atomic mass is 15.5. The molecule has 4 atom stereocenters. The fourth-order valence-corrected chi connectivity index (χ4v) is 7.03. The van der Waals surface area contributed by atoms with Gasteiger partial charge in [-0.15, -0.1) is 0 Å². The molecule has 0 fully saturated rings. The summed E-state index contributed by atoms with van der Waals surface area (Å²) < 4.78 is 4.51. The third kappa shape index (κ3) is 2.72. The first kappa shape index (κ1) is 19.7. The number of aromatic nitrogens is 2. The van der Waals surface area contributed by atoms with Crippen molar-refractivity contribution in [1.82, 2.24) is 24.2 Å². The molecule has 1 aromatic heterocycles. The zero-order valence-corrected chi connectivity index (χ0v) is 20.3. The van der Waals surface area contributed by atoms with Gasteiger partial charge in [-0.3, -0.25) is 0 Å². The van der Waals surface area contributed by atoms with Crippen LogP contribution in [-0.2, 0) is 0 Å². The predicted molar refractivity (Wildman–Crippen MR) is 138 cm³/mol. The van der Waals surface area contributed by atoms with Crippen molar-refractivity contribution in [3.05, 3.63) is 150 Å². The first-order valence-corrected chi connectivity index (χ1v) is 13.0. The molecule has 0 N–H and O–H groups in total. The minimum absolute atomic E-state index is 0.00924. The molecule has 16 bridgehead atoms. The monoisotopic (exact) mass is 482 g/mol. The van der Waals surface area contributed by atoms with E-state index in [1.165, 1.54) is 33.4 Å². The molecule has 4 aromatic rings. The molecule has 0 radical (unpaired) electrons. The third-order valence-electron chi connectivity index (χ3n) is 8.58. The lowest BCUT2D eigenvalue weighted by Crippen LogP contribution is -2.44. The van der Waals surface area contributed by atoms with Crippen LogP contribution in [0.15, 0.2) is 110 Å². The molecule has 37 heavy (non-hydrogen) atoms. The van der Waals surface area contributed by atoms with E-state index in [4.69, 9.17) is 0 Å². The number of hydrogen-bond donors (Lipinski definition) is 0. The van der Waals surface area contributed by atoms with Gasteiger partial charge in [0.15, 0.2) is 6.17 Å². The first-order chi connectivity index (χ1) is 18.3. The Bertz CT molecular complexity index is 1620. The van der Waals surface area contributed by atoms with Gasteiger partial charge in [-0.1, -0.05) is 54.6 Å². The van der Waals surface area contributed by atoms with Gasteiger partial charge in [0.1, 0.15) is 12.2 Å². The maximum Gasteiger partial charge on any atom is 0.206 e. The quantitative estimate of drug-likeness (QED) is 0.276. The van der Waals surface area contributed by atoms with Crippen LogP contribution in [0, 0.1) is 6.33 Å². The van der Waals surface area contributed by atoms with Crippen molar-refractivity contribution in [1.29, 1.82) is 0 Å². The molecule has 6 aliphatic heterocycles. The predicted octanol–water partition coefficient (Wildman–Crippen LogP) is 4.28. The molecule has 0 saturated heterocycles. The first-order valence-electron chi connectivity index (χ1n) is 13.0. The zero-order chi connectivity index (χ0) is 24.1. The normalized spacial score (nSPS) is 25.7. The average Bonchev–Trinajstić information content (AvgIpc) is 3.68. The van der Waals surface area contributed by atoms with Crippen LogP contribution in [0.1, 0.15) is 57.8 Å². The van der Waals surface area contributed by atoms with Gasteiger partial charge in [-0.2, -0.15) is 0 Å². The minimum Gasteiger partial charge on any atom is -0.347 e. The largest absolute Gasteiger partial charge is 0.347 e. The van der Waals surface area contributed by atoms with Crippen LogP contribution >= 0.6 is 0 Å². The van der Waals surface area contributed by atoms with Crippen molar-refractivity contribution >= 4 is 0 Å². The van der Waals surface area contributed by atoms with Crippen molar-refractivity contribution in [3.63, 3.8) is 0 Å². The Labute approximate surface area is 216 Å². The van der Waals surface area contributed by atoms with Crippen LogP contribution in [-0.4, -0.2) is 37.5 Å². The molecule has 7 heterocycles. The van der Waals surface area contributed by atoms with Crippen molar-refractivity contribution in [2.24, 2.45) is 0 Å². The SMILES string of the molecule is [c-]1n2cc[n+]1C1c3cccc(c3)C3c4cccc(c4)C2N2C=CN(C2)C(c2cccc1c2)N1C=CN3C1. The average molecular weight is 483 g/mol. The van der Waals surface area contributed by atoms with E-state index in [2.05, 4.69) is 145 Å². The molecule has 6 nitrogen and oxygen atoms in total. The van der Waals surface area contributed by atoms with Gasteiger partial charge < -0.3 is 28.7 Å². The Morgan fingerprint density at radius 1 is 0.595 bits per heavy atom. The van der Waals surface area contributed by atoms with Gasteiger partial charge in [0.2, 0.25) is 6.33 Å². The van der Waals surface area contributed by atoms with Crippen LogP contribution < -0.4 is 4.57 Å². The third-order valence-corrected chi connectivity index (χ3v) is 8.58. The molecule has 6 aliphatic rings. The van der Waals surface area contributed by atoms with Gasteiger partial charge in [0.25, 0.3) is 0 Å². The Kier molecular flexibility index (Phi) is 3.76. The summed E-state index contributed by atoms with van der Waals surface area (Å²) in [5, 5.41) is 0. The second-order valence-corrected chi connectivity index (χ2v) is 10.7. The number of rotatable bonds is 0. The molecule has 0 spiro atoms. The zero-order valence-electron chi connectivity index (χ0n) is 20.3. The highest BCUT2D eigenvalue weighted by Crippen LogP contribution is 2.42. The topological polar surface area (TPSA) is 21.8 Å². The van der Waals surface area contributed by atoms with E-state index >= 15 is 0 Å². The summed E-state index contributed by atoms with van der Waals surface area (Å²) in [7, 11) is 0. The summed E-state index contributed by atoms with van der Waals surface area (Å²) in [4.78, 5) is 9.89. The van der Waals surface area contributed by atoms with E-state index < -0.39 is 0 Å². The molecule has 0 saturated carbocycles. The van der Waals surface area contributed by atoms with Crippen molar-refractivity contribution in [2.75, 3.05) is 13.3 Å². The summed E-state index contributed by atoms with van der Waals surface area (Å²) in [6.45, 7) is 1.62. The lowest BCUT2D eigenvalue weighted by atomic mass is 9.90. The maximum absolute atomic E-state index is 3.75. The lowest BCUT2D eigenvalue weighted by Gasteiger charge is -2.41. The number of nitrogens with zero attached hydrogens (tertiary/aromatic N) is 6. The Morgan fingerprint density at radius 2 is 1.11 bits per heavy atom. The second-order valence-electron chi connectivity index (χ2n) is 10.7. The molecule has 0 amide bonds. The molecule has 0 aliphatic carbocycles.